The predicted octanol–water partition coefficient (Wildman–Crippen LogP) is 0.0185. The van der Waals surface area contributed by atoms with Crippen molar-refractivity contribution < 1.29 is 9.53 Å². The average Bonchev–Trinajstić information content (AvgIpc) is 2.54. The fourth-order valence-corrected chi connectivity index (χ4v) is 0.942. The van der Waals surface area contributed by atoms with E-state index in [4.69, 9.17) is 10.5 Å². The van der Waals surface area contributed by atoms with E-state index in [1.807, 2.05) is 0 Å². The van der Waals surface area contributed by atoms with Gasteiger partial charge in [0.25, 0.3) is 0 Å². The second-order valence-electron chi connectivity index (χ2n) is 2.51. The number of nitrogens with two attached hydrogens (primary N) is 1. The van der Waals surface area contributed by atoms with Crippen molar-refractivity contribution in [2.45, 2.75) is 13.5 Å². The van der Waals surface area contributed by atoms with Gasteiger partial charge in [-0.3, -0.25) is 0 Å². The van der Waals surface area contributed by atoms with E-state index in [1.165, 1.54) is 0 Å². The molecular formula is C8H13N3O2. The fraction of sp³-hybridized carbons (Fsp3) is 0.500. The number of esters is 1. The molecule has 1 aromatic rings. The van der Waals surface area contributed by atoms with Crippen LogP contribution in [0.2, 0.25) is 0 Å². The van der Waals surface area contributed by atoms with Crippen molar-refractivity contribution in [2.24, 2.45) is 5.73 Å². The summed E-state index contributed by atoms with van der Waals surface area (Å²) in [5.74, 6) is -0.390. The van der Waals surface area contributed by atoms with Crippen LogP contribution in [-0.4, -0.2) is 28.7 Å². The van der Waals surface area contributed by atoms with Gasteiger partial charge in [0.15, 0.2) is 5.69 Å². The van der Waals surface area contributed by atoms with Gasteiger partial charge < -0.3 is 15.0 Å². The monoisotopic (exact) mass is 183 g/mol. The Morgan fingerprint density at radius 2 is 2.54 bits per heavy atom. The van der Waals surface area contributed by atoms with Gasteiger partial charge in [0, 0.05) is 19.3 Å². The summed E-state index contributed by atoms with van der Waals surface area (Å²) < 4.78 is 6.53. The number of hydrogen-bond donors (Lipinski definition) is 1. The van der Waals surface area contributed by atoms with E-state index in [1.54, 1.807) is 24.0 Å². The highest BCUT2D eigenvalue weighted by atomic mass is 16.5. The molecule has 0 saturated heterocycles. The Morgan fingerprint density at radius 1 is 1.77 bits per heavy atom. The van der Waals surface area contributed by atoms with Crippen LogP contribution >= 0.6 is 0 Å². The summed E-state index contributed by atoms with van der Waals surface area (Å²) >= 11 is 0. The summed E-state index contributed by atoms with van der Waals surface area (Å²) in [6.45, 7) is 3.31. The summed E-state index contributed by atoms with van der Waals surface area (Å²) in [6.07, 6.45) is 3.20. The first-order chi connectivity index (χ1) is 6.27. The maximum absolute atomic E-state index is 11.1. The molecule has 13 heavy (non-hydrogen) atoms. The van der Waals surface area contributed by atoms with Crippen LogP contribution in [0, 0.1) is 0 Å². The first-order valence-corrected chi connectivity index (χ1v) is 4.17. The van der Waals surface area contributed by atoms with Crippen molar-refractivity contribution in [3.8, 4) is 0 Å². The molecule has 0 aliphatic heterocycles. The lowest BCUT2D eigenvalue weighted by atomic mass is 10.5. The van der Waals surface area contributed by atoms with Gasteiger partial charge in [0.05, 0.1) is 12.9 Å². The Labute approximate surface area is 76.5 Å². The Hall–Kier alpha value is -1.36. The summed E-state index contributed by atoms with van der Waals surface area (Å²) in [7, 11) is 0. The topological polar surface area (TPSA) is 70.1 Å². The van der Waals surface area contributed by atoms with Gasteiger partial charge in [-0.05, 0) is 6.92 Å². The van der Waals surface area contributed by atoms with Gasteiger partial charge in [-0.25, -0.2) is 9.78 Å². The molecule has 0 spiro atoms. The van der Waals surface area contributed by atoms with Crippen LogP contribution in [0.3, 0.4) is 0 Å². The smallest absolute Gasteiger partial charge is 0.358 e. The lowest BCUT2D eigenvalue weighted by molar-refractivity contribution is 0.0520. The molecule has 0 amide bonds. The number of imidazole rings is 1. The van der Waals surface area contributed by atoms with Crippen LogP contribution in [0.4, 0.5) is 0 Å². The second-order valence-corrected chi connectivity index (χ2v) is 2.51. The van der Waals surface area contributed by atoms with Crippen molar-refractivity contribution in [1.29, 1.82) is 0 Å². The molecule has 72 valence electrons. The highest BCUT2D eigenvalue weighted by Crippen LogP contribution is 1.98. The molecule has 0 aromatic carbocycles. The zero-order valence-corrected chi connectivity index (χ0v) is 7.56. The van der Waals surface area contributed by atoms with E-state index in [2.05, 4.69) is 4.98 Å². The van der Waals surface area contributed by atoms with Gasteiger partial charge in [-0.15, -0.1) is 0 Å². The third-order valence-corrected chi connectivity index (χ3v) is 1.51. The summed E-state index contributed by atoms with van der Waals surface area (Å²) in [4.78, 5) is 15.0. The molecule has 0 atom stereocenters. The highest BCUT2D eigenvalue weighted by Gasteiger charge is 2.08. The molecule has 0 radical (unpaired) electrons. The SMILES string of the molecule is CCOC(=O)c1cn(CCN)cn1. The third kappa shape index (κ3) is 2.55. The number of hydrogen-bond acceptors (Lipinski definition) is 4. The van der Waals surface area contributed by atoms with E-state index in [-0.39, 0.29) is 0 Å². The quantitative estimate of drug-likeness (QED) is 0.668. The molecule has 0 unspecified atom stereocenters. The van der Waals surface area contributed by atoms with Gasteiger partial charge in [-0.1, -0.05) is 0 Å². The Bertz CT molecular complexity index is 283. The Morgan fingerprint density at radius 3 is 3.15 bits per heavy atom. The molecule has 2 N–H and O–H groups in total. The molecule has 0 aliphatic carbocycles. The third-order valence-electron chi connectivity index (χ3n) is 1.51. The molecule has 1 heterocycles. The van der Waals surface area contributed by atoms with Crippen LogP contribution in [-0.2, 0) is 11.3 Å². The zero-order chi connectivity index (χ0) is 9.68. The predicted molar refractivity (Wildman–Crippen MR) is 47.2 cm³/mol. The molecule has 5 heteroatoms. The van der Waals surface area contributed by atoms with E-state index in [0.29, 0.717) is 25.4 Å². The number of aromatic nitrogens is 2. The van der Waals surface area contributed by atoms with Gasteiger partial charge in [-0.2, -0.15) is 0 Å². The van der Waals surface area contributed by atoms with Crippen molar-refractivity contribution in [3.05, 3.63) is 18.2 Å². The van der Waals surface area contributed by atoms with Crippen molar-refractivity contribution in [1.82, 2.24) is 9.55 Å². The van der Waals surface area contributed by atoms with Gasteiger partial charge in [0.2, 0.25) is 0 Å². The zero-order valence-electron chi connectivity index (χ0n) is 7.56. The maximum atomic E-state index is 11.1. The van der Waals surface area contributed by atoms with Crippen molar-refractivity contribution in [3.63, 3.8) is 0 Å². The van der Waals surface area contributed by atoms with Crippen molar-refractivity contribution >= 4 is 5.97 Å². The first kappa shape index (κ1) is 9.73. The van der Waals surface area contributed by atoms with Crippen LogP contribution in [0.15, 0.2) is 12.5 Å². The van der Waals surface area contributed by atoms with Crippen LogP contribution in [0.1, 0.15) is 17.4 Å². The molecule has 1 rings (SSSR count). The Kier molecular flexibility index (Phi) is 3.45. The van der Waals surface area contributed by atoms with Crippen LogP contribution < -0.4 is 5.73 Å². The average molecular weight is 183 g/mol. The largest absolute Gasteiger partial charge is 0.461 e. The normalized spacial score (nSPS) is 10.0. The first-order valence-electron chi connectivity index (χ1n) is 4.17. The minimum atomic E-state index is -0.390. The second kappa shape index (κ2) is 4.61. The number of carbonyl (C=O) groups is 1. The maximum Gasteiger partial charge on any atom is 0.358 e. The number of ether oxygens (including phenoxy) is 1. The van der Waals surface area contributed by atoms with E-state index in [0.717, 1.165) is 0 Å². The molecule has 0 fully saturated rings. The summed E-state index contributed by atoms with van der Waals surface area (Å²) in [5.41, 5.74) is 5.67. The van der Waals surface area contributed by atoms with Crippen molar-refractivity contribution in [2.75, 3.05) is 13.2 Å². The van der Waals surface area contributed by atoms with Crippen LogP contribution in [0.25, 0.3) is 0 Å². The number of nitrogens with zero attached hydrogens (tertiary/aromatic N) is 2. The molecule has 5 nitrogen and oxygen atoms in total. The Balaban J connectivity index is 2.62. The molecule has 0 aliphatic rings. The summed E-state index contributed by atoms with van der Waals surface area (Å²) in [5, 5.41) is 0. The van der Waals surface area contributed by atoms with E-state index < -0.39 is 5.97 Å². The standard InChI is InChI=1S/C8H13N3O2/c1-2-13-8(12)7-5-11(4-3-9)6-10-7/h5-6H,2-4,9H2,1H3. The molecular weight excluding hydrogens is 170 g/mol. The van der Waals surface area contributed by atoms with Gasteiger partial charge in [0.1, 0.15) is 0 Å². The fourth-order valence-electron chi connectivity index (χ4n) is 0.942. The molecule has 0 bridgehead atoms. The summed E-state index contributed by atoms with van der Waals surface area (Å²) in [6, 6.07) is 0. The molecule has 1 aromatic heterocycles. The van der Waals surface area contributed by atoms with E-state index in [9.17, 15) is 4.79 Å². The van der Waals surface area contributed by atoms with Crippen LogP contribution in [0.5, 0.6) is 0 Å². The highest BCUT2D eigenvalue weighted by molar-refractivity contribution is 5.86. The lowest BCUT2D eigenvalue weighted by Gasteiger charge is -1.97. The number of rotatable bonds is 4. The molecule has 0 saturated carbocycles. The minimum Gasteiger partial charge on any atom is -0.461 e. The lowest BCUT2D eigenvalue weighted by Crippen LogP contribution is -2.08. The minimum absolute atomic E-state index is 0.329. The number of carbonyl (C=O) groups excluding carboxylic acids is 1. The van der Waals surface area contributed by atoms with E-state index >= 15 is 0 Å². The van der Waals surface area contributed by atoms with Gasteiger partial charge >= 0.3 is 5.97 Å².